The number of aliphatic hydroxyl groups is 2. The predicted octanol–water partition coefficient (Wildman–Crippen LogP) is 7.20. The van der Waals surface area contributed by atoms with Gasteiger partial charge in [-0.2, -0.15) is 0 Å². The average molecular weight is 599 g/mol. The SMILES string of the molecule is O=P(OCc1ccccc1)(OCc1ccccc1)C(CC(O)O)P(=O)(OCc1ccccc1)OCC1C=CC=CC1. The number of allylic oxidation sites excluding steroid dienone is 3. The van der Waals surface area contributed by atoms with E-state index in [1.165, 1.54) is 0 Å². The maximum Gasteiger partial charge on any atom is 0.346 e. The monoisotopic (exact) mass is 598 g/mol. The molecule has 0 radical (unpaired) electrons. The standard InChI is InChI=1S/C31H36O8P2/c32-30(33)21-31(40(34,36-22-26-13-5-1-6-14-26)37-23-27-15-7-2-8-16-27)41(35,38-24-28-17-9-3-10-18-28)39-25-29-19-11-4-12-20-29/h1-19,29-33H,20-25H2. The summed E-state index contributed by atoms with van der Waals surface area (Å²) in [5.74, 6) is -0.0943. The van der Waals surface area contributed by atoms with Crippen LogP contribution in [0.3, 0.4) is 0 Å². The van der Waals surface area contributed by atoms with Crippen LogP contribution in [0.1, 0.15) is 29.5 Å². The molecule has 3 aromatic rings. The molecule has 0 amide bonds. The van der Waals surface area contributed by atoms with E-state index in [0.717, 1.165) is 0 Å². The van der Waals surface area contributed by atoms with Crippen molar-refractivity contribution in [2.24, 2.45) is 5.92 Å². The van der Waals surface area contributed by atoms with E-state index in [2.05, 4.69) is 0 Å². The molecule has 0 saturated carbocycles. The Labute approximate surface area is 241 Å². The van der Waals surface area contributed by atoms with Gasteiger partial charge < -0.3 is 28.3 Å². The van der Waals surface area contributed by atoms with Crippen LogP contribution in [-0.2, 0) is 47.0 Å². The molecule has 0 spiro atoms. The van der Waals surface area contributed by atoms with Crippen molar-refractivity contribution < 1.29 is 37.4 Å². The van der Waals surface area contributed by atoms with Gasteiger partial charge in [0.25, 0.3) is 0 Å². The molecule has 0 aliphatic heterocycles. The van der Waals surface area contributed by atoms with Gasteiger partial charge in [0.1, 0.15) is 0 Å². The van der Waals surface area contributed by atoms with E-state index in [1.54, 1.807) is 36.4 Å². The molecule has 0 aromatic heterocycles. The second-order valence-corrected chi connectivity index (χ2v) is 14.5. The van der Waals surface area contributed by atoms with E-state index in [-0.39, 0.29) is 32.3 Å². The van der Waals surface area contributed by atoms with E-state index < -0.39 is 33.3 Å². The molecule has 8 nitrogen and oxygen atoms in total. The van der Waals surface area contributed by atoms with Gasteiger partial charge in [0.15, 0.2) is 11.7 Å². The second kappa shape index (κ2) is 15.5. The van der Waals surface area contributed by atoms with Crippen molar-refractivity contribution in [2.45, 2.75) is 44.4 Å². The normalized spacial score (nSPS) is 17.4. The molecule has 3 atom stereocenters. The minimum Gasteiger partial charge on any atom is -0.368 e. The van der Waals surface area contributed by atoms with Crippen molar-refractivity contribution in [2.75, 3.05) is 6.61 Å². The fourth-order valence-corrected chi connectivity index (χ4v) is 9.51. The lowest BCUT2D eigenvalue weighted by Crippen LogP contribution is -2.24. The van der Waals surface area contributed by atoms with Crippen LogP contribution in [0.2, 0.25) is 0 Å². The Morgan fingerprint density at radius 1 is 0.659 bits per heavy atom. The molecule has 4 rings (SSSR count). The lowest BCUT2D eigenvalue weighted by molar-refractivity contribution is -0.0453. The number of benzene rings is 3. The number of rotatable bonds is 16. The van der Waals surface area contributed by atoms with Crippen molar-refractivity contribution >= 4 is 15.2 Å². The molecular formula is C31H36O8P2. The average Bonchev–Trinajstić information content (AvgIpc) is 3.02. The first-order chi connectivity index (χ1) is 19.9. The molecule has 2 N–H and O–H groups in total. The zero-order valence-electron chi connectivity index (χ0n) is 22.7. The molecule has 0 fully saturated rings. The Bertz CT molecular complexity index is 1300. The number of aliphatic hydroxyl groups excluding tert-OH is 1. The largest absolute Gasteiger partial charge is 0.368 e. The van der Waals surface area contributed by atoms with E-state index >= 15 is 0 Å². The predicted molar refractivity (Wildman–Crippen MR) is 158 cm³/mol. The van der Waals surface area contributed by atoms with Gasteiger partial charge in [-0.15, -0.1) is 0 Å². The third-order valence-electron chi connectivity index (χ3n) is 6.45. The highest BCUT2D eigenvalue weighted by Crippen LogP contribution is 2.72. The molecule has 0 bridgehead atoms. The van der Waals surface area contributed by atoms with Crippen molar-refractivity contribution in [1.82, 2.24) is 0 Å². The number of hydrogen-bond donors (Lipinski definition) is 2. The molecule has 218 valence electrons. The van der Waals surface area contributed by atoms with Gasteiger partial charge in [-0.3, -0.25) is 9.13 Å². The van der Waals surface area contributed by atoms with Gasteiger partial charge >= 0.3 is 15.2 Å². The minimum atomic E-state index is -4.39. The third kappa shape index (κ3) is 9.71. The summed E-state index contributed by atoms with van der Waals surface area (Å²) in [6, 6.07) is 27.2. The maximum atomic E-state index is 14.7. The summed E-state index contributed by atoms with van der Waals surface area (Å²) in [6.07, 6.45) is 5.74. The van der Waals surface area contributed by atoms with Gasteiger partial charge in [-0.25, -0.2) is 0 Å². The Morgan fingerprint density at radius 2 is 1.10 bits per heavy atom. The molecule has 10 heteroatoms. The third-order valence-corrected chi connectivity index (χ3v) is 12.0. The van der Waals surface area contributed by atoms with Gasteiger partial charge in [-0.05, 0) is 23.1 Å². The Balaban J connectivity index is 1.68. The van der Waals surface area contributed by atoms with Gasteiger partial charge in [0, 0.05) is 12.3 Å². The van der Waals surface area contributed by atoms with Gasteiger partial charge in [0.05, 0.1) is 26.4 Å². The molecule has 1 aliphatic carbocycles. The van der Waals surface area contributed by atoms with Crippen molar-refractivity contribution in [1.29, 1.82) is 0 Å². The molecule has 41 heavy (non-hydrogen) atoms. The summed E-state index contributed by atoms with van der Waals surface area (Å²) in [7, 11) is -8.76. The van der Waals surface area contributed by atoms with Crippen LogP contribution in [0.15, 0.2) is 115 Å². The van der Waals surface area contributed by atoms with Crippen molar-refractivity contribution in [3.8, 4) is 0 Å². The fourth-order valence-electron chi connectivity index (χ4n) is 4.21. The Kier molecular flexibility index (Phi) is 11.9. The van der Waals surface area contributed by atoms with Crippen LogP contribution >= 0.6 is 15.2 Å². The van der Waals surface area contributed by atoms with Crippen LogP contribution in [0.4, 0.5) is 0 Å². The van der Waals surface area contributed by atoms with E-state index in [1.807, 2.05) is 78.9 Å². The van der Waals surface area contributed by atoms with Crippen LogP contribution in [0.5, 0.6) is 0 Å². The molecule has 3 unspecified atom stereocenters. The van der Waals surface area contributed by atoms with E-state index in [4.69, 9.17) is 18.1 Å². The van der Waals surface area contributed by atoms with Crippen LogP contribution in [-0.4, -0.2) is 28.5 Å². The summed E-state index contributed by atoms with van der Waals surface area (Å²) in [5.41, 5.74) is 2.13. The summed E-state index contributed by atoms with van der Waals surface area (Å²) >= 11 is 0. The van der Waals surface area contributed by atoms with Crippen molar-refractivity contribution in [3.63, 3.8) is 0 Å². The highest BCUT2D eigenvalue weighted by atomic mass is 31.2. The zero-order chi connectivity index (χ0) is 29.0. The van der Waals surface area contributed by atoms with E-state index in [0.29, 0.717) is 23.1 Å². The smallest absolute Gasteiger partial charge is 0.346 e. The first kappa shape index (κ1) is 31.3. The van der Waals surface area contributed by atoms with Crippen LogP contribution in [0.25, 0.3) is 0 Å². The fraction of sp³-hybridized carbons (Fsp3) is 0.290. The number of hydrogen-bond acceptors (Lipinski definition) is 8. The minimum absolute atomic E-state index is 0.00228. The Morgan fingerprint density at radius 3 is 1.49 bits per heavy atom. The zero-order valence-corrected chi connectivity index (χ0v) is 24.5. The summed E-state index contributed by atoms with van der Waals surface area (Å²) in [6.45, 7) is -0.365. The highest BCUT2D eigenvalue weighted by molar-refractivity contribution is 7.72. The van der Waals surface area contributed by atoms with Gasteiger partial charge in [0.2, 0.25) is 0 Å². The lowest BCUT2D eigenvalue weighted by atomic mass is 10.0. The molecular weight excluding hydrogens is 562 g/mol. The molecule has 0 saturated heterocycles. The quantitative estimate of drug-likeness (QED) is 0.132. The molecule has 3 aromatic carbocycles. The van der Waals surface area contributed by atoms with E-state index in [9.17, 15) is 19.3 Å². The van der Waals surface area contributed by atoms with Gasteiger partial charge in [-0.1, -0.05) is 115 Å². The summed E-state index contributed by atoms with van der Waals surface area (Å²) in [4.78, 5) is 0. The summed E-state index contributed by atoms with van der Waals surface area (Å²) < 4.78 is 53.2. The first-order valence-corrected chi connectivity index (χ1v) is 16.7. The summed E-state index contributed by atoms with van der Waals surface area (Å²) in [5, 5.41) is 18.6. The highest BCUT2D eigenvalue weighted by Gasteiger charge is 2.52. The topological polar surface area (TPSA) is 112 Å². The molecule has 1 aliphatic rings. The maximum absolute atomic E-state index is 14.7. The van der Waals surface area contributed by atoms with Crippen LogP contribution < -0.4 is 0 Å². The lowest BCUT2D eigenvalue weighted by Gasteiger charge is -2.33. The van der Waals surface area contributed by atoms with Crippen molar-refractivity contribution in [3.05, 3.63) is 132 Å². The second-order valence-electron chi connectivity index (χ2n) is 9.66. The molecule has 0 heterocycles. The van der Waals surface area contributed by atoms with Crippen LogP contribution in [0, 0.1) is 5.92 Å². The first-order valence-electron chi connectivity index (χ1n) is 13.5. The Hall–Kier alpha value is -2.64.